The summed E-state index contributed by atoms with van der Waals surface area (Å²) in [5, 5.41) is 14.2. The quantitative estimate of drug-likeness (QED) is 0.428. The monoisotopic (exact) mass is 439 g/mol. The highest BCUT2D eigenvalue weighted by Gasteiger charge is 2.22. The van der Waals surface area contributed by atoms with Crippen LogP contribution >= 0.6 is 15.9 Å². The lowest BCUT2D eigenvalue weighted by atomic mass is 10.0. The minimum atomic E-state index is -1.06. The van der Waals surface area contributed by atoms with Gasteiger partial charge < -0.3 is 20.0 Å². The van der Waals surface area contributed by atoms with Crippen LogP contribution in [0.25, 0.3) is 21.8 Å². The van der Waals surface area contributed by atoms with Crippen LogP contribution in [-0.4, -0.2) is 32.6 Å². The molecule has 2 aromatic carbocycles. The summed E-state index contributed by atoms with van der Waals surface area (Å²) in [7, 11) is 0. The predicted octanol–water partition coefficient (Wildman–Crippen LogP) is 3.70. The van der Waals surface area contributed by atoms with E-state index in [-0.39, 0.29) is 18.9 Å². The van der Waals surface area contributed by atoms with Crippen LogP contribution in [0.5, 0.6) is 0 Å². The zero-order valence-corrected chi connectivity index (χ0v) is 16.4. The van der Waals surface area contributed by atoms with Gasteiger partial charge in [0.25, 0.3) is 0 Å². The van der Waals surface area contributed by atoms with E-state index in [1.165, 1.54) is 0 Å². The number of carboxylic acids is 1. The predicted molar refractivity (Wildman–Crippen MR) is 111 cm³/mol. The number of hydrogen-bond donors (Lipinski definition) is 3. The van der Waals surface area contributed by atoms with Gasteiger partial charge in [0.05, 0.1) is 0 Å². The van der Waals surface area contributed by atoms with Crippen molar-refractivity contribution >= 4 is 49.6 Å². The number of aromatic nitrogens is 2. The number of carbonyl (C=O) groups excluding carboxylic acids is 1. The lowest BCUT2D eigenvalue weighted by Crippen LogP contribution is -2.43. The first kappa shape index (κ1) is 18.3. The average molecular weight is 440 g/mol. The van der Waals surface area contributed by atoms with Crippen molar-refractivity contribution in [3.8, 4) is 0 Å². The standard InChI is InChI=1S/C21H18BrN3O3/c22-15-5-6-19-13(9-15)7-8-25(19)12-20(26)24-18(21(27)28)10-14-11-23-17-4-2-1-3-16(14)17/h1-9,11,18,23H,10,12H2,(H,24,26)(H,27,28)/t18-/m0/s1. The van der Waals surface area contributed by atoms with Crippen LogP contribution in [0.2, 0.25) is 0 Å². The number of aromatic amines is 1. The smallest absolute Gasteiger partial charge is 0.326 e. The number of nitrogens with zero attached hydrogens (tertiary/aromatic N) is 1. The third kappa shape index (κ3) is 3.66. The Kier molecular flexibility index (Phi) is 4.92. The van der Waals surface area contributed by atoms with E-state index in [1.807, 2.05) is 59.3 Å². The van der Waals surface area contributed by atoms with E-state index < -0.39 is 12.0 Å². The fraction of sp³-hybridized carbons (Fsp3) is 0.143. The third-order valence-electron chi connectivity index (χ3n) is 4.78. The van der Waals surface area contributed by atoms with Gasteiger partial charge in [0.1, 0.15) is 12.6 Å². The van der Waals surface area contributed by atoms with Crippen molar-refractivity contribution in [2.24, 2.45) is 0 Å². The highest BCUT2D eigenvalue weighted by Crippen LogP contribution is 2.21. The number of aliphatic carboxylic acids is 1. The highest BCUT2D eigenvalue weighted by atomic mass is 79.9. The van der Waals surface area contributed by atoms with Crippen molar-refractivity contribution in [3.05, 3.63) is 71.0 Å². The van der Waals surface area contributed by atoms with Crippen LogP contribution in [0.4, 0.5) is 0 Å². The molecule has 0 radical (unpaired) electrons. The average Bonchev–Trinajstić information content (AvgIpc) is 3.25. The summed E-state index contributed by atoms with van der Waals surface area (Å²) in [6, 6.07) is 14.4. The minimum absolute atomic E-state index is 0.0583. The highest BCUT2D eigenvalue weighted by molar-refractivity contribution is 9.10. The van der Waals surface area contributed by atoms with Gasteiger partial charge in [-0.2, -0.15) is 0 Å². The molecule has 0 saturated carbocycles. The number of carbonyl (C=O) groups is 2. The van der Waals surface area contributed by atoms with Crippen LogP contribution in [0, 0.1) is 0 Å². The lowest BCUT2D eigenvalue weighted by molar-refractivity contribution is -0.141. The molecule has 0 unspecified atom stereocenters. The molecule has 4 rings (SSSR count). The Hall–Kier alpha value is -3.06. The molecule has 0 aliphatic carbocycles. The number of rotatable bonds is 6. The summed E-state index contributed by atoms with van der Waals surface area (Å²) in [6.07, 6.45) is 3.83. The van der Waals surface area contributed by atoms with Crippen molar-refractivity contribution < 1.29 is 14.7 Å². The van der Waals surface area contributed by atoms with Gasteiger partial charge >= 0.3 is 5.97 Å². The first-order valence-electron chi connectivity index (χ1n) is 8.83. The summed E-state index contributed by atoms with van der Waals surface area (Å²) in [5.74, 6) is -1.40. The molecule has 28 heavy (non-hydrogen) atoms. The maximum Gasteiger partial charge on any atom is 0.326 e. The van der Waals surface area contributed by atoms with E-state index in [0.717, 1.165) is 31.8 Å². The van der Waals surface area contributed by atoms with Crippen molar-refractivity contribution in [3.63, 3.8) is 0 Å². The molecule has 4 aromatic rings. The molecule has 0 aliphatic rings. The Bertz CT molecular complexity index is 1180. The summed E-state index contributed by atoms with van der Waals surface area (Å²) in [4.78, 5) is 27.4. The van der Waals surface area contributed by atoms with Crippen LogP contribution in [-0.2, 0) is 22.6 Å². The van der Waals surface area contributed by atoms with Crippen molar-refractivity contribution in [1.29, 1.82) is 0 Å². The number of carboxylic acid groups (broad SMARTS) is 1. The largest absolute Gasteiger partial charge is 0.480 e. The SMILES string of the molecule is O=C(Cn1ccc2cc(Br)ccc21)N[C@@H](Cc1c[nH]c2ccccc12)C(=O)O. The lowest BCUT2D eigenvalue weighted by Gasteiger charge is -2.15. The van der Waals surface area contributed by atoms with Crippen LogP contribution in [0.15, 0.2) is 65.4 Å². The van der Waals surface area contributed by atoms with E-state index in [1.54, 1.807) is 6.20 Å². The van der Waals surface area contributed by atoms with Gasteiger partial charge in [0.2, 0.25) is 5.91 Å². The Morgan fingerprint density at radius 1 is 1.18 bits per heavy atom. The molecule has 0 fully saturated rings. The maximum atomic E-state index is 12.5. The number of halogens is 1. The number of H-pyrrole nitrogens is 1. The molecular formula is C21H18BrN3O3. The number of benzene rings is 2. The normalized spacial score (nSPS) is 12.3. The molecule has 6 nitrogen and oxygen atoms in total. The molecule has 2 aromatic heterocycles. The van der Waals surface area contributed by atoms with Gasteiger partial charge in [0.15, 0.2) is 0 Å². The van der Waals surface area contributed by atoms with Gasteiger partial charge in [-0.05, 0) is 35.9 Å². The van der Waals surface area contributed by atoms with Crippen LogP contribution < -0.4 is 5.32 Å². The number of nitrogens with one attached hydrogen (secondary N) is 2. The first-order valence-corrected chi connectivity index (χ1v) is 9.62. The molecule has 7 heteroatoms. The molecule has 0 bridgehead atoms. The van der Waals surface area contributed by atoms with Gasteiger partial charge in [-0.25, -0.2) is 4.79 Å². The van der Waals surface area contributed by atoms with E-state index in [9.17, 15) is 14.7 Å². The summed E-state index contributed by atoms with van der Waals surface area (Å²) in [5.41, 5.74) is 2.72. The zero-order chi connectivity index (χ0) is 19.7. The summed E-state index contributed by atoms with van der Waals surface area (Å²) in [6.45, 7) is 0.0583. The second-order valence-electron chi connectivity index (χ2n) is 6.67. The third-order valence-corrected chi connectivity index (χ3v) is 5.27. The number of fused-ring (bicyclic) bond motifs is 2. The number of amides is 1. The molecule has 0 saturated heterocycles. The van der Waals surface area contributed by atoms with Crippen LogP contribution in [0.1, 0.15) is 5.56 Å². The summed E-state index contributed by atoms with van der Waals surface area (Å²) < 4.78 is 2.77. The minimum Gasteiger partial charge on any atom is -0.480 e. The molecule has 1 amide bonds. The molecule has 0 aliphatic heterocycles. The number of para-hydroxylation sites is 1. The van der Waals surface area contributed by atoms with Gasteiger partial charge in [-0.15, -0.1) is 0 Å². The topological polar surface area (TPSA) is 87.1 Å². The van der Waals surface area contributed by atoms with E-state index in [2.05, 4.69) is 26.2 Å². The van der Waals surface area contributed by atoms with Gasteiger partial charge in [0, 0.05) is 45.1 Å². The molecular weight excluding hydrogens is 422 g/mol. The Morgan fingerprint density at radius 2 is 2.00 bits per heavy atom. The fourth-order valence-electron chi connectivity index (χ4n) is 3.42. The first-order chi connectivity index (χ1) is 13.5. The second-order valence-corrected chi connectivity index (χ2v) is 7.58. The Balaban J connectivity index is 1.49. The molecule has 1 atom stereocenters. The molecule has 2 heterocycles. The van der Waals surface area contributed by atoms with Crippen molar-refractivity contribution in [2.75, 3.05) is 0 Å². The van der Waals surface area contributed by atoms with Crippen molar-refractivity contribution in [2.45, 2.75) is 19.0 Å². The summed E-state index contributed by atoms with van der Waals surface area (Å²) >= 11 is 3.43. The second kappa shape index (κ2) is 7.52. The fourth-order valence-corrected chi connectivity index (χ4v) is 3.80. The molecule has 0 spiro atoms. The van der Waals surface area contributed by atoms with Crippen molar-refractivity contribution in [1.82, 2.24) is 14.9 Å². The van der Waals surface area contributed by atoms with E-state index in [4.69, 9.17) is 0 Å². The van der Waals surface area contributed by atoms with Gasteiger partial charge in [-0.1, -0.05) is 34.1 Å². The molecule has 3 N–H and O–H groups in total. The van der Waals surface area contributed by atoms with E-state index >= 15 is 0 Å². The van der Waals surface area contributed by atoms with E-state index in [0.29, 0.717) is 0 Å². The van der Waals surface area contributed by atoms with Crippen LogP contribution in [0.3, 0.4) is 0 Å². The zero-order valence-electron chi connectivity index (χ0n) is 14.9. The van der Waals surface area contributed by atoms with Gasteiger partial charge in [-0.3, -0.25) is 4.79 Å². The maximum absolute atomic E-state index is 12.5. The number of hydrogen-bond acceptors (Lipinski definition) is 2. The molecule has 142 valence electrons. The Morgan fingerprint density at radius 3 is 2.82 bits per heavy atom. The Labute approximate surface area is 169 Å².